The summed E-state index contributed by atoms with van der Waals surface area (Å²) in [6.45, 7) is 6.44. The molecule has 3 aromatic rings. The lowest BCUT2D eigenvalue weighted by Crippen LogP contribution is -2.35. The van der Waals surface area contributed by atoms with Gasteiger partial charge in [0, 0.05) is 12.2 Å². The van der Waals surface area contributed by atoms with E-state index in [2.05, 4.69) is 0 Å². The molecule has 2 amide bonds. The van der Waals surface area contributed by atoms with Gasteiger partial charge < -0.3 is 9.64 Å². The van der Waals surface area contributed by atoms with Crippen molar-refractivity contribution >= 4 is 28.8 Å². The highest BCUT2D eigenvalue weighted by Crippen LogP contribution is 2.37. The number of aryl methyl sites for hydroxylation is 2. The van der Waals surface area contributed by atoms with Crippen LogP contribution in [0.4, 0.5) is 11.4 Å². The van der Waals surface area contributed by atoms with Crippen molar-refractivity contribution in [1.29, 1.82) is 0 Å². The summed E-state index contributed by atoms with van der Waals surface area (Å²) in [5.74, 6) is 0.0420. The SMILES string of the molecule is CCN(C1=C(c2ccc(OC)cc2)C(=O)N(c2cc(C)cc(C)c2)C1=O)c1ccccc1. The number of benzene rings is 3. The van der Waals surface area contributed by atoms with Crippen LogP contribution < -0.4 is 14.5 Å². The number of hydrogen-bond acceptors (Lipinski definition) is 4. The molecule has 162 valence electrons. The number of carbonyl (C=O) groups is 2. The van der Waals surface area contributed by atoms with E-state index >= 15 is 0 Å². The maximum Gasteiger partial charge on any atom is 0.282 e. The Kier molecular flexibility index (Phi) is 5.82. The first kappa shape index (κ1) is 21.4. The van der Waals surface area contributed by atoms with Crippen LogP contribution in [0.25, 0.3) is 5.57 Å². The molecule has 0 aromatic heterocycles. The lowest BCUT2D eigenvalue weighted by atomic mass is 10.0. The van der Waals surface area contributed by atoms with Crippen LogP contribution in [0.2, 0.25) is 0 Å². The molecule has 1 aliphatic rings. The molecule has 5 nitrogen and oxygen atoms in total. The first-order chi connectivity index (χ1) is 15.4. The number of nitrogens with zero attached hydrogens (tertiary/aromatic N) is 2. The predicted molar refractivity (Wildman–Crippen MR) is 128 cm³/mol. The lowest BCUT2D eigenvalue weighted by Gasteiger charge is -2.25. The van der Waals surface area contributed by atoms with Gasteiger partial charge in [-0.1, -0.05) is 36.4 Å². The molecular weight excluding hydrogens is 400 g/mol. The Hall–Kier alpha value is -3.86. The fraction of sp³-hybridized carbons (Fsp3) is 0.185. The summed E-state index contributed by atoms with van der Waals surface area (Å²) in [5, 5.41) is 0. The zero-order chi connectivity index (χ0) is 22.8. The number of imide groups is 1. The van der Waals surface area contributed by atoms with Crippen molar-refractivity contribution in [3.63, 3.8) is 0 Å². The third kappa shape index (κ3) is 3.78. The first-order valence-corrected chi connectivity index (χ1v) is 10.6. The second kappa shape index (κ2) is 8.71. The minimum atomic E-state index is -0.324. The second-order valence-electron chi connectivity index (χ2n) is 7.82. The minimum absolute atomic E-state index is 0.323. The molecule has 0 atom stereocenters. The standard InChI is InChI=1S/C27H26N2O3/c1-5-28(21-9-7-6-8-10-21)25-24(20-11-13-23(32-4)14-12-20)26(30)29(27(25)31)22-16-18(2)15-19(3)17-22/h6-17H,5H2,1-4H3. The molecule has 0 spiro atoms. The van der Waals surface area contributed by atoms with Gasteiger partial charge in [-0.2, -0.15) is 0 Å². The highest BCUT2D eigenvalue weighted by Gasteiger charge is 2.42. The van der Waals surface area contributed by atoms with Gasteiger partial charge in [0.15, 0.2) is 0 Å². The summed E-state index contributed by atoms with van der Waals surface area (Å²) in [4.78, 5) is 30.7. The maximum atomic E-state index is 13.8. The molecule has 0 unspecified atom stereocenters. The lowest BCUT2D eigenvalue weighted by molar-refractivity contribution is -0.120. The predicted octanol–water partition coefficient (Wildman–Crippen LogP) is 5.12. The average molecular weight is 427 g/mol. The Labute approximate surface area is 188 Å². The van der Waals surface area contributed by atoms with Crippen LogP contribution in [0.15, 0.2) is 78.5 Å². The molecule has 0 saturated carbocycles. The molecule has 1 heterocycles. The molecule has 1 aliphatic heterocycles. The van der Waals surface area contributed by atoms with E-state index in [0.717, 1.165) is 16.8 Å². The highest BCUT2D eigenvalue weighted by molar-refractivity contribution is 6.46. The van der Waals surface area contributed by atoms with Gasteiger partial charge in [0.05, 0.1) is 18.4 Å². The molecular formula is C27H26N2O3. The van der Waals surface area contributed by atoms with Crippen LogP contribution in [-0.4, -0.2) is 25.5 Å². The number of carbonyl (C=O) groups excluding carboxylic acids is 2. The molecule has 0 radical (unpaired) electrons. The van der Waals surface area contributed by atoms with Gasteiger partial charge in [0.1, 0.15) is 11.4 Å². The van der Waals surface area contributed by atoms with E-state index in [4.69, 9.17) is 4.74 Å². The molecule has 3 aromatic carbocycles. The summed E-state index contributed by atoms with van der Waals surface area (Å²) < 4.78 is 5.27. The van der Waals surface area contributed by atoms with E-state index in [0.29, 0.717) is 34.8 Å². The van der Waals surface area contributed by atoms with Crippen molar-refractivity contribution in [3.05, 3.63) is 95.2 Å². The maximum absolute atomic E-state index is 13.8. The Balaban J connectivity index is 1.91. The fourth-order valence-corrected chi connectivity index (χ4v) is 4.18. The normalized spacial score (nSPS) is 13.7. The molecule has 0 aliphatic carbocycles. The molecule has 32 heavy (non-hydrogen) atoms. The van der Waals surface area contributed by atoms with Crippen LogP contribution in [-0.2, 0) is 9.59 Å². The van der Waals surface area contributed by atoms with Gasteiger partial charge in [-0.3, -0.25) is 9.59 Å². The minimum Gasteiger partial charge on any atom is -0.497 e. The zero-order valence-corrected chi connectivity index (χ0v) is 18.8. The van der Waals surface area contributed by atoms with E-state index in [-0.39, 0.29) is 11.8 Å². The molecule has 5 heteroatoms. The number of ether oxygens (including phenoxy) is 1. The van der Waals surface area contributed by atoms with Gasteiger partial charge in [0.2, 0.25) is 0 Å². The third-order valence-electron chi connectivity index (χ3n) is 5.56. The third-order valence-corrected chi connectivity index (χ3v) is 5.56. The quantitative estimate of drug-likeness (QED) is 0.513. The van der Waals surface area contributed by atoms with Crippen molar-refractivity contribution in [2.75, 3.05) is 23.5 Å². The van der Waals surface area contributed by atoms with Crippen LogP contribution in [0.3, 0.4) is 0 Å². The molecule has 0 N–H and O–H groups in total. The van der Waals surface area contributed by atoms with E-state index in [1.807, 2.05) is 86.3 Å². The van der Waals surface area contributed by atoms with Gasteiger partial charge in [0.25, 0.3) is 11.8 Å². The van der Waals surface area contributed by atoms with Crippen LogP contribution >= 0.6 is 0 Å². The zero-order valence-electron chi connectivity index (χ0n) is 18.8. The number of anilines is 2. The largest absolute Gasteiger partial charge is 0.497 e. The number of rotatable bonds is 6. The summed E-state index contributed by atoms with van der Waals surface area (Å²) in [6, 6.07) is 22.7. The number of methoxy groups -OCH3 is 1. The van der Waals surface area contributed by atoms with Crippen LogP contribution in [0, 0.1) is 13.8 Å². The summed E-state index contributed by atoms with van der Waals surface area (Å²) in [7, 11) is 1.60. The smallest absolute Gasteiger partial charge is 0.282 e. The Bertz CT molecular complexity index is 1180. The number of para-hydroxylation sites is 1. The molecule has 0 fully saturated rings. The van der Waals surface area contributed by atoms with Gasteiger partial charge >= 0.3 is 0 Å². The van der Waals surface area contributed by atoms with Gasteiger partial charge in [-0.25, -0.2) is 4.90 Å². The number of amides is 2. The van der Waals surface area contributed by atoms with Crippen molar-refractivity contribution < 1.29 is 14.3 Å². The van der Waals surface area contributed by atoms with E-state index in [9.17, 15) is 9.59 Å². The van der Waals surface area contributed by atoms with Crippen LogP contribution in [0.5, 0.6) is 5.75 Å². The number of hydrogen-bond donors (Lipinski definition) is 0. The van der Waals surface area contributed by atoms with Gasteiger partial charge in [-0.15, -0.1) is 0 Å². The summed E-state index contributed by atoms with van der Waals surface area (Å²) in [5.41, 5.74) is 4.89. The van der Waals surface area contributed by atoms with Crippen molar-refractivity contribution in [1.82, 2.24) is 0 Å². The average Bonchev–Trinajstić information content (AvgIpc) is 3.04. The summed E-state index contributed by atoms with van der Waals surface area (Å²) in [6.07, 6.45) is 0. The highest BCUT2D eigenvalue weighted by atomic mass is 16.5. The summed E-state index contributed by atoms with van der Waals surface area (Å²) >= 11 is 0. The topological polar surface area (TPSA) is 49.9 Å². The van der Waals surface area contributed by atoms with Gasteiger partial charge in [-0.05, 0) is 73.9 Å². The molecule has 0 bridgehead atoms. The Morgan fingerprint density at radius 2 is 1.47 bits per heavy atom. The number of likely N-dealkylation sites (N-methyl/N-ethyl adjacent to an activating group) is 1. The van der Waals surface area contributed by atoms with Crippen molar-refractivity contribution in [2.24, 2.45) is 0 Å². The molecule has 4 rings (SSSR count). The van der Waals surface area contributed by atoms with E-state index in [1.165, 1.54) is 4.90 Å². The Morgan fingerprint density at radius 3 is 2.03 bits per heavy atom. The van der Waals surface area contributed by atoms with Crippen molar-refractivity contribution in [3.8, 4) is 5.75 Å². The Morgan fingerprint density at radius 1 is 0.844 bits per heavy atom. The molecule has 0 saturated heterocycles. The van der Waals surface area contributed by atoms with Crippen molar-refractivity contribution in [2.45, 2.75) is 20.8 Å². The van der Waals surface area contributed by atoms with E-state index < -0.39 is 0 Å². The fourth-order valence-electron chi connectivity index (χ4n) is 4.18. The second-order valence-corrected chi connectivity index (χ2v) is 7.82. The van der Waals surface area contributed by atoms with E-state index in [1.54, 1.807) is 19.2 Å². The monoisotopic (exact) mass is 426 g/mol. The first-order valence-electron chi connectivity index (χ1n) is 10.6. The van der Waals surface area contributed by atoms with Crippen LogP contribution in [0.1, 0.15) is 23.6 Å².